The van der Waals surface area contributed by atoms with Crippen molar-refractivity contribution in [3.63, 3.8) is 0 Å². The van der Waals surface area contributed by atoms with Crippen LogP contribution in [-0.4, -0.2) is 15.0 Å². The van der Waals surface area contributed by atoms with Gasteiger partial charge >= 0.3 is 0 Å². The number of aromatic nitrogens is 3. The lowest BCUT2D eigenvalue weighted by molar-refractivity contribution is 1.08. The molecule has 258 valence electrons. The average molecular weight is 720 g/mol. The van der Waals surface area contributed by atoms with Crippen LogP contribution in [0.5, 0.6) is 0 Å². The summed E-state index contributed by atoms with van der Waals surface area (Å²) in [7, 11) is 0. The van der Waals surface area contributed by atoms with Gasteiger partial charge in [0, 0.05) is 36.9 Å². The van der Waals surface area contributed by atoms with Gasteiger partial charge in [-0.2, -0.15) is 0 Å². The van der Waals surface area contributed by atoms with E-state index < -0.39 is 0 Å². The summed E-state index contributed by atoms with van der Waals surface area (Å²) >= 11 is 1.80. The maximum atomic E-state index is 5.09. The highest BCUT2D eigenvalue weighted by atomic mass is 32.1. The van der Waals surface area contributed by atoms with Crippen molar-refractivity contribution in [1.29, 1.82) is 0 Å². The van der Waals surface area contributed by atoms with E-state index in [4.69, 9.17) is 15.0 Å². The SMILES string of the molecule is c1ccc(-c2nc(-c3ccccc3)nc(-c3cccc4sc5ccc(-c6cccc(-c7ccc(-c8ccccc8-c8ccccc8)cc7)c6)cc5c34)n2)cc1. The fourth-order valence-corrected chi connectivity index (χ4v) is 8.56. The lowest BCUT2D eigenvalue weighted by Crippen LogP contribution is -2.00. The summed E-state index contributed by atoms with van der Waals surface area (Å²) in [6.07, 6.45) is 0. The molecule has 0 amide bonds. The first-order valence-corrected chi connectivity index (χ1v) is 19.3. The Labute approximate surface area is 323 Å². The van der Waals surface area contributed by atoms with Crippen LogP contribution in [0.15, 0.2) is 200 Å². The Balaban J connectivity index is 1.04. The first-order chi connectivity index (χ1) is 27.2. The van der Waals surface area contributed by atoms with E-state index >= 15 is 0 Å². The number of nitrogens with zero attached hydrogens (tertiary/aromatic N) is 3. The zero-order valence-corrected chi connectivity index (χ0v) is 30.6. The highest BCUT2D eigenvalue weighted by Gasteiger charge is 2.18. The van der Waals surface area contributed by atoms with Gasteiger partial charge in [0.05, 0.1) is 0 Å². The zero-order valence-electron chi connectivity index (χ0n) is 29.8. The van der Waals surface area contributed by atoms with Gasteiger partial charge in [-0.25, -0.2) is 15.0 Å². The van der Waals surface area contributed by atoms with Crippen LogP contribution in [0.3, 0.4) is 0 Å². The molecule has 2 heterocycles. The summed E-state index contributed by atoms with van der Waals surface area (Å²) in [5.74, 6) is 1.99. The molecule has 0 saturated carbocycles. The largest absolute Gasteiger partial charge is 0.208 e. The Bertz CT molecular complexity index is 2900. The smallest absolute Gasteiger partial charge is 0.164 e. The van der Waals surface area contributed by atoms with Crippen molar-refractivity contribution in [2.24, 2.45) is 0 Å². The summed E-state index contributed by atoms with van der Waals surface area (Å²) < 4.78 is 2.43. The van der Waals surface area contributed by atoms with Gasteiger partial charge in [0.25, 0.3) is 0 Å². The monoisotopic (exact) mass is 719 g/mol. The Kier molecular flexibility index (Phi) is 8.36. The molecule has 0 aliphatic rings. The summed E-state index contributed by atoms with van der Waals surface area (Å²) in [5, 5.41) is 2.36. The third kappa shape index (κ3) is 6.29. The molecule has 0 atom stereocenters. The topological polar surface area (TPSA) is 38.7 Å². The van der Waals surface area contributed by atoms with E-state index in [9.17, 15) is 0 Å². The van der Waals surface area contributed by atoms with Gasteiger partial charge in [-0.1, -0.05) is 176 Å². The number of fused-ring (bicyclic) bond motifs is 3. The highest BCUT2D eigenvalue weighted by Crippen LogP contribution is 2.42. The summed E-state index contributed by atoms with van der Waals surface area (Å²) in [4.78, 5) is 15.1. The lowest BCUT2D eigenvalue weighted by atomic mass is 9.93. The van der Waals surface area contributed by atoms with Gasteiger partial charge in [-0.15, -0.1) is 11.3 Å². The molecule has 55 heavy (non-hydrogen) atoms. The number of thiophene rings is 1. The van der Waals surface area contributed by atoms with Crippen LogP contribution in [0.2, 0.25) is 0 Å². The van der Waals surface area contributed by atoms with Crippen LogP contribution in [-0.2, 0) is 0 Å². The normalized spacial score (nSPS) is 11.3. The van der Waals surface area contributed by atoms with Gasteiger partial charge in [0.2, 0.25) is 0 Å². The lowest BCUT2D eigenvalue weighted by Gasteiger charge is -2.12. The van der Waals surface area contributed by atoms with Crippen LogP contribution in [0.1, 0.15) is 0 Å². The predicted octanol–water partition coefficient (Wildman–Crippen LogP) is 13.9. The Morgan fingerprint density at radius 3 is 1.35 bits per heavy atom. The Morgan fingerprint density at radius 2 is 0.709 bits per heavy atom. The van der Waals surface area contributed by atoms with Gasteiger partial charge in [-0.3, -0.25) is 0 Å². The fourth-order valence-electron chi connectivity index (χ4n) is 7.45. The minimum Gasteiger partial charge on any atom is -0.208 e. The second-order valence-electron chi connectivity index (χ2n) is 13.6. The highest BCUT2D eigenvalue weighted by molar-refractivity contribution is 7.26. The van der Waals surface area contributed by atoms with Crippen molar-refractivity contribution in [3.05, 3.63) is 200 Å². The first-order valence-electron chi connectivity index (χ1n) is 18.4. The maximum absolute atomic E-state index is 5.09. The molecule has 3 nitrogen and oxygen atoms in total. The standard InChI is InChI=1S/C51H33N3S/c1-4-14-35(15-5-1)42-22-10-11-23-43(42)36-28-26-34(27-29-36)39-20-12-21-40(32-39)41-30-31-46-45(33-41)48-44(24-13-25-47(48)55-46)51-53-49(37-16-6-2-7-17-37)52-50(54-51)38-18-8-3-9-19-38/h1-33H. The molecule has 2 aromatic heterocycles. The summed E-state index contributed by atoms with van der Waals surface area (Å²) in [5.41, 5.74) is 12.5. The van der Waals surface area contributed by atoms with E-state index in [-0.39, 0.29) is 0 Å². The molecule has 4 heteroatoms. The van der Waals surface area contributed by atoms with E-state index in [1.165, 1.54) is 59.3 Å². The van der Waals surface area contributed by atoms with E-state index in [2.05, 4.69) is 140 Å². The van der Waals surface area contributed by atoms with Crippen LogP contribution in [0.4, 0.5) is 0 Å². The van der Waals surface area contributed by atoms with E-state index in [0.29, 0.717) is 17.5 Å². The van der Waals surface area contributed by atoms with Crippen LogP contribution >= 0.6 is 11.3 Å². The van der Waals surface area contributed by atoms with E-state index in [1.807, 2.05) is 60.7 Å². The second kappa shape index (κ2) is 14.1. The average Bonchev–Trinajstić information content (AvgIpc) is 3.66. The molecule has 0 saturated heterocycles. The first kappa shape index (κ1) is 32.6. The van der Waals surface area contributed by atoms with Crippen molar-refractivity contribution in [1.82, 2.24) is 15.0 Å². The van der Waals surface area contributed by atoms with Crippen molar-refractivity contribution in [2.45, 2.75) is 0 Å². The van der Waals surface area contributed by atoms with Crippen LogP contribution in [0.25, 0.3) is 98.8 Å². The molecule has 8 aromatic carbocycles. The number of hydrogen-bond acceptors (Lipinski definition) is 4. The van der Waals surface area contributed by atoms with Gasteiger partial charge in [-0.05, 0) is 68.8 Å². The van der Waals surface area contributed by atoms with Gasteiger partial charge in [0.1, 0.15) is 0 Å². The Morgan fingerprint density at radius 1 is 0.273 bits per heavy atom. The van der Waals surface area contributed by atoms with Crippen molar-refractivity contribution >= 4 is 31.5 Å². The van der Waals surface area contributed by atoms with Crippen molar-refractivity contribution in [2.75, 3.05) is 0 Å². The quantitative estimate of drug-likeness (QED) is 0.165. The number of rotatable bonds is 7. The van der Waals surface area contributed by atoms with Crippen LogP contribution in [0, 0.1) is 0 Å². The molecule has 0 unspecified atom stereocenters. The molecule has 0 aliphatic carbocycles. The molecule has 0 spiro atoms. The minimum atomic E-state index is 0.659. The molecular formula is C51H33N3S. The van der Waals surface area contributed by atoms with Crippen molar-refractivity contribution in [3.8, 4) is 78.7 Å². The molecular weight excluding hydrogens is 687 g/mol. The van der Waals surface area contributed by atoms with Gasteiger partial charge in [0.15, 0.2) is 17.5 Å². The fraction of sp³-hybridized carbons (Fsp3) is 0. The number of hydrogen-bond donors (Lipinski definition) is 0. The second-order valence-corrected chi connectivity index (χ2v) is 14.7. The summed E-state index contributed by atoms with van der Waals surface area (Å²) in [6, 6.07) is 70.6. The minimum absolute atomic E-state index is 0.659. The number of benzene rings is 8. The van der Waals surface area contributed by atoms with Crippen molar-refractivity contribution < 1.29 is 0 Å². The molecule has 10 aromatic rings. The van der Waals surface area contributed by atoms with E-state index in [0.717, 1.165) is 22.1 Å². The predicted molar refractivity (Wildman–Crippen MR) is 231 cm³/mol. The molecule has 0 N–H and O–H groups in total. The van der Waals surface area contributed by atoms with E-state index in [1.54, 1.807) is 11.3 Å². The third-order valence-electron chi connectivity index (χ3n) is 10.2. The molecule has 0 bridgehead atoms. The third-order valence-corrected chi connectivity index (χ3v) is 11.3. The zero-order chi connectivity index (χ0) is 36.6. The molecule has 10 rings (SSSR count). The van der Waals surface area contributed by atoms with Crippen LogP contribution < -0.4 is 0 Å². The molecule has 0 fully saturated rings. The molecule has 0 radical (unpaired) electrons. The van der Waals surface area contributed by atoms with Gasteiger partial charge < -0.3 is 0 Å². The maximum Gasteiger partial charge on any atom is 0.164 e. The Hall–Kier alpha value is -7.01. The summed E-state index contributed by atoms with van der Waals surface area (Å²) in [6.45, 7) is 0. The molecule has 0 aliphatic heterocycles.